The molecule has 0 bridgehead atoms. The Labute approximate surface area is 98.2 Å². The van der Waals surface area contributed by atoms with E-state index >= 15 is 0 Å². The van der Waals surface area contributed by atoms with E-state index in [2.05, 4.69) is 19.2 Å². The Morgan fingerprint density at radius 2 is 2.31 bits per heavy atom. The van der Waals surface area contributed by atoms with Crippen molar-refractivity contribution < 1.29 is 9.15 Å². The minimum atomic E-state index is 0.425. The maximum Gasteiger partial charge on any atom is 0.120 e. The third kappa shape index (κ3) is 4.37. The van der Waals surface area contributed by atoms with Gasteiger partial charge in [-0.1, -0.05) is 19.8 Å². The van der Waals surface area contributed by atoms with Crippen molar-refractivity contribution in [3.63, 3.8) is 0 Å². The number of unbranched alkanes of at least 4 members (excludes halogenated alkanes) is 1. The van der Waals surface area contributed by atoms with Crippen molar-refractivity contribution in [2.24, 2.45) is 0 Å². The molecule has 0 aliphatic carbocycles. The molecule has 0 aromatic carbocycles. The molecule has 0 radical (unpaired) electrons. The zero-order chi connectivity index (χ0) is 11.8. The van der Waals surface area contributed by atoms with Crippen LogP contribution in [0, 0.1) is 6.92 Å². The summed E-state index contributed by atoms with van der Waals surface area (Å²) >= 11 is 0. The highest BCUT2D eigenvalue weighted by Crippen LogP contribution is 2.09. The van der Waals surface area contributed by atoms with Crippen LogP contribution in [0.5, 0.6) is 0 Å². The van der Waals surface area contributed by atoms with Crippen LogP contribution in [0.2, 0.25) is 0 Å². The highest BCUT2D eigenvalue weighted by atomic mass is 16.5. The zero-order valence-corrected chi connectivity index (χ0v) is 10.6. The second kappa shape index (κ2) is 7.47. The van der Waals surface area contributed by atoms with Crippen LogP contribution in [0.4, 0.5) is 0 Å². The number of hydrogen-bond donors (Lipinski definition) is 1. The molecule has 1 aromatic rings. The minimum absolute atomic E-state index is 0.425. The second-order valence-electron chi connectivity index (χ2n) is 4.20. The molecule has 92 valence electrons. The predicted octanol–water partition coefficient (Wildman–Crippen LogP) is 2.88. The summed E-state index contributed by atoms with van der Waals surface area (Å²) < 4.78 is 10.6. The van der Waals surface area contributed by atoms with Gasteiger partial charge in [-0.05, 0) is 25.0 Å². The minimum Gasteiger partial charge on any atom is -0.468 e. The van der Waals surface area contributed by atoms with E-state index < -0.39 is 0 Å². The van der Waals surface area contributed by atoms with Gasteiger partial charge in [0.05, 0.1) is 19.4 Å². The Kier molecular flexibility index (Phi) is 6.19. The Morgan fingerprint density at radius 1 is 1.50 bits per heavy atom. The number of methoxy groups -OCH3 is 1. The van der Waals surface area contributed by atoms with Gasteiger partial charge >= 0.3 is 0 Å². The molecule has 0 amide bonds. The lowest BCUT2D eigenvalue weighted by Crippen LogP contribution is -2.32. The van der Waals surface area contributed by atoms with Crippen molar-refractivity contribution in [1.82, 2.24) is 5.32 Å². The summed E-state index contributed by atoms with van der Waals surface area (Å²) in [7, 11) is 1.75. The van der Waals surface area contributed by atoms with E-state index in [4.69, 9.17) is 9.15 Å². The van der Waals surface area contributed by atoms with Gasteiger partial charge in [0.25, 0.3) is 0 Å². The van der Waals surface area contributed by atoms with Gasteiger partial charge < -0.3 is 14.5 Å². The molecule has 3 nitrogen and oxygen atoms in total. The second-order valence-corrected chi connectivity index (χ2v) is 4.20. The lowest BCUT2D eigenvalue weighted by Gasteiger charge is -2.17. The largest absolute Gasteiger partial charge is 0.468 e. The van der Waals surface area contributed by atoms with Crippen LogP contribution in [0.15, 0.2) is 16.7 Å². The predicted molar refractivity (Wildman–Crippen MR) is 65.5 cm³/mol. The summed E-state index contributed by atoms with van der Waals surface area (Å²) in [6, 6.07) is 2.42. The average Bonchev–Trinajstić information content (AvgIpc) is 2.68. The number of ether oxygens (including phenoxy) is 1. The van der Waals surface area contributed by atoms with Crippen LogP contribution >= 0.6 is 0 Å². The van der Waals surface area contributed by atoms with E-state index in [1.807, 2.05) is 6.07 Å². The fourth-order valence-electron chi connectivity index (χ4n) is 1.72. The molecule has 3 heteroatoms. The molecule has 1 rings (SSSR count). The fourth-order valence-corrected chi connectivity index (χ4v) is 1.72. The molecular formula is C13H23NO2. The van der Waals surface area contributed by atoms with Crippen LogP contribution in [0.3, 0.4) is 0 Å². The first-order valence-corrected chi connectivity index (χ1v) is 6.03. The lowest BCUT2D eigenvalue weighted by molar-refractivity contribution is 0.159. The summed E-state index contributed by atoms with van der Waals surface area (Å²) in [5.41, 5.74) is 1.21. The average molecular weight is 225 g/mol. The maximum absolute atomic E-state index is 5.39. The smallest absolute Gasteiger partial charge is 0.120 e. The van der Waals surface area contributed by atoms with E-state index in [-0.39, 0.29) is 0 Å². The SMILES string of the molecule is CCCCC(COC)NCc1occc1C. The van der Waals surface area contributed by atoms with E-state index in [9.17, 15) is 0 Å². The highest BCUT2D eigenvalue weighted by Gasteiger charge is 2.09. The Hall–Kier alpha value is -0.800. The van der Waals surface area contributed by atoms with E-state index in [1.165, 1.54) is 18.4 Å². The number of nitrogens with one attached hydrogen (secondary N) is 1. The monoisotopic (exact) mass is 225 g/mol. The molecule has 1 unspecified atom stereocenters. The number of hydrogen-bond acceptors (Lipinski definition) is 3. The third-order valence-corrected chi connectivity index (χ3v) is 2.79. The molecule has 0 spiro atoms. The van der Waals surface area contributed by atoms with Crippen LogP contribution in [0.25, 0.3) is 0 Å². The Balaban J connectivity index is 2.34. The molecule has 0 saturated heterocycles. The molecule has 0 aliphatic heterocycles. The van der Waals surface area contributed by atoms with Crippen LogP contribution in [-0.4, -0.2) is 19.8 Å². The van der Waals surface area contributed by atoms with Crippen molar-refractivity contribution in [3.8, 4) is 0 Å². The van der Waals surface area contributed by atoms with Gasteiger partial charge in [-0.15, -0.1) is 0 Å². The van der Waals surface area contributed by atoms with Crippen LogP contribution < -0.4 is 5.32 Å². The molecule has 1 aromatic heterocycles. The number of aryl methyl sites for hydroxylation is 1. The molecule has 0 saturated carbocycles. The molecular weight excluding hydrogens is 202 g/mol. The fraction of sp³-hybridized carbons (Fsp3) is 0.692. The molecule has 1 atom stereocenters. The maximum atomic E-state index is 5.39. The van der Waals surface area contributed by atoms with Crippen molar-refractivity contribution in [2.45, 2.75) is 45.7 Å². The molecule has 0 aliphatic rings. The quantitative estimate of drug-likeness (QED) is 0.738. The number of furan rings is 1. The number of rotatable bonds is 8. The van der Waals surface area contributed by atoms with Crippen LogP contribution in [-0.2, 0) is 11.3 Å². The normalized spacial score (nSPS) is 12.9. The Bertz CT molecular complexity index is 283. The van der Waals surface area contributed by atoms with E-state index in [0.29, 0.717) is 6.04 Å². The topological polar surface area (TPSA) is 34.4 Å². The van der Waals surface area contributed by atoms with Gasteiger partial charge in [-0.3, -0.25) is 0 Å². The van der Waals surface area contributed by atoms with E-state index in [0.717, 1.165) is 25.3 Å². The molecule has 1 N–H and O–H groups in total. The first-order valence-electron chi connectivity index (χ1n) is 6.03. The molecule has 1 heterocycles. The summed E-state index contributed by atoms with van der Waals surface area (Å²) in [5.74, 6) is 1.03. The Morgan fingerprint density at radius 3 is 2.88 bits per heavy atom. The third-order valence-electron chi connectivity index (χ3n) is 2.79. The molecule has 16 heavy (non-hydrogen) atoms. The standard InChI is InChI=1S/C13H23NO2/c1-4-5-6-12(10-15-3)14-9-13-11(2)7-8-16-13/h7-8,12,14H,4-6,9-10H2,1-3H3. The van der Waals surface area contributed by atoms with Gasteiger partial charge in [0.1, 0.15) is 5.76 Å². The summed E-state index contributed by atoms with van der Waals surface area (Å²) in [4.78, 5) is 0. The zero-order valence-electron chi connectivity index (χ0n) is 10.6. The highest BCUT2D eigenvalue weighted by molar-refractivity contribution is 5.14. The van der Waals surface area contributed by atoms with Gasteiger partial charge in [-0.2, -0.15) is 0 Å². The van der Waals surface area contributed by atoms with Gasteiger partial charge in [0.2, 0.25) is 0 Å². The first kappa shape index (κ1) is 13.3. The lowest BCUT2D eigenvalue weighted by atomic mass is 10.1. The van der Waals surface area contributed by atoms with Crippen molar-refractivity contribution in [1.29, 1.82) is 0 Å². The van der Waals surface area contributed by atoms with Gasteiger partial charge in [0, 0.05) is 13.2 Å². The summed E-state index contributed by atoms with van der Waals surface area (Å²) in [5, 5.41) is 3.48. The first-order chi connectivity index (χ1) is 7.77. The van der Waals surface area contributed by atoms with Crippen LogP contribution in [0.1, 0.15) is 37.5 Å². The van der Waals surface area contributed by atoms with E-state index in [1.54, 1.807) is 13.4 Å². The van der Waals surface area contributed by atoms with Crippen molar-refractivity contribution in [2.75, 3.05) is 13.7 Å². The summed E-state index contributed by atoms with van der Waals surface area (Å²) in [6.07, 6.45) is 5.35. The molecule has 0 fully saturated rings. The van der Waals surface area contributed by atoms with Crippen molar-refractivity contribution >= 4 is 0 Å². The van der Waals surface area contributed by atoms with Crippen molar-refractivity contribution in [3.05, 3.63) is 23.7 Å². The summed E-state index contributed by atoms with van der Waals surface area (Å²) in [6.45, 7) is 5.83. The van der Waals surface area contributed by atoms with Gasteiger partial charge in [-0.25, -0.2) is 0 Å². The van der Waals surface area contributed by atoms with Gasteiger partial charge in [0.15, 0.2) is 0 Å².